The van der Waals surface area contributed by atoms with Crippen LogP contribution in [0.25, 0.3) is 0 Å². The Bertz CT molecular complexity index is 500. The largest absolute Gasteiger partial charge is 0.310 e. The number of benzene rings is 1. The summed E-state index contributed by atoms with van der Waals surface area (Å²) in [6.07, 6.45) is 1.87. The normalized spacial score (nSPS) is 13.6. The van der Waals surface area contributed by atoms with Crippen LogP contribution in [0, 0.1) is 6.92 Å². The zero-order chi connectivity index (χ0) is 13.8. The van der Waals surface area contributed by atoms with Gasteiger partial charge in [0.25, 0.3) is 0 Å². The summed E-state index contributed by atoms with van der Waals surface area (Å²) in [6.45, 7) is 4.88. The number of hydrogen-bond acceptors (Lipinski definition) is 3. The van der Waals surface area contributed by atoms with E-state index in [0.717, 1.165) is 16.6 Å². The molecular weight excluding hydrogens is 314 g/mol. The molecule has 0 amide bonds. The molecule has 1 N–H and O–H groups in total. The average Bonchev–Trinajstić information content (AvgIpc) is 2.26. The van der Waals surface area contributed by atoms with Gasteiger partial charge >= 0.3 is 0 Å². The fourth-order valence-corrected chi connectivity index (χ4v) is 3.06. The van der Waals surface area contributed by atoms with Gasteiger partial charge in [-0.3, -0.25) is 0 Å². The van der Waals surface area contributed by atoms with E-state index in [9.17, 15) is 8.42 Å². The molecule has 0 aliphatic carbocycles. The maximum Gasteiger partial charge on any atom is 0.147 e. The van der Waals surface area contributed by atoms with E-state index in [1.807, 2.05) is 26.0 Å². The van der Waals surface area contributed by atoms with Gasteiger partial charge in [0.15, 0.2) is 0 Å². The lowest BCUT2D eigenvalue weighted by atomic mass is 10.0. The lowest BCUT2D eigenvalue weighted by Gasteiger charge is -2.20. The van der Waals surface area contributed by atoms with Crippen molar-refractivity contribution in [2.45, 2.75) is 26.3 Å². The summed E-state index contributed by atoms with van der Waals surface area (Å²) >= 11 is 3.53. The van der Waals surface area contributed by atoms with Crippen LogP contribution in [-0.2, 0) is 9.84 Å². The van der Waals surface area contributed by atoms with Crippen LogP contribution in [0.1, 0.15) is 30.5 Å². The Balaban J connectivity index is 2.93. The van der Waals surface area contributed by atoms with Crippen molar-refractivity contribution in [3.05, 3.63) is 33.8 Å². The Morgan fingerprint density at radius 2 is 2.06 bits per heavy atom. The van der Waals surface area contributed by atoms with Crippen LogP contribution in [0.2, 0.25) is 0 Å². The topological polar surface area (TPSA) is 46.2 Å². The molecule has 0 aliphatic rings. The lowest BCUT2D eigenvalue weighted by molar-refractivity contribution is 0.528. The van der Waals surface area contributed by atoms with Crippen molar-refractivity contribution >= 4 is 25.8 Å². The first kappa shape index (κ1) is 15.7. The molecule has 0 bridgehead atoms. The number of nitrogens with one attached hydrogen (secondary N) is 1. The molecule has 0 saturated carbocycles. The van der Waals surface area contributed by atoms with Crippen LogP contribution < -0.4 is 5.32 Å². The fraction of sp³-hybridized carbons (Fsp3) is 0.538. The number of rotatable bonds is 6. The SMILES string of the molecule is CCNC(CCS(C)(=O)=O)c1cc(C)ccc1Br. The zero-order valence-electron chi connectivity index (χ0n) is 11.0. The summed E-state index contributed by atoms with van der Waals surface area (Å²) in [6, 6.07) is 6.21. The Labute approximate surface area is 118 Å². The van der Waals surface area contributed by atoms with Crippen molar-refractivity contribution < 1.29 is 8.42 Å². The second-order valence-corrected chi connectivity index (χ2v) is 7.67. The van der Waals surface area contributed by atoms with Crippen molar-refractivity contribution in [2.24, 2.45) is 0 Å². The molecule has 1 rings (SSSR count). The molecule has 18 heavy (non-hydrogen) atoms. The minimum atomic E-state index is -2.92. The van der Waals surface area contributed by atoms with Gasteiger partial charge in [0.1, 0.15) is 9.84 Å². The summed E-state index contributed by atoms with van der Waals surface area (Å²) in [5.41, 5.74) is 2.30. The molecule has 0 aliphatic heterocycles. The van der Waals surface area contributed by atoms with E-state index in [1.165, 1.54) is 11.8 Å². The third kappa shape index (κ3) is 5.08. The van der Waals surface area contributed by atoms with Gasteiger partial charge in [-0.25, -0.2) is 8.42 Å². The van der Waals surface area contributed by atoms with Gasteiger partial charge < -0.3 is 5.32 Å². The molecule has 1 aromatic carbocycles. The molecule has 5 heteroatoms. The Morgan fingerprint density at radius 1 is 1.39 bits per heavy atom. The molecule has 102 valence electrons. The van der Waals surface area contributed by atoms with Gasteiger partial charge in [0, 0.05) is 16.8 Å². The predicted octanol–water partition coefficient (Wildman–Crippen LogP) is 2.84. The van der Waals surface area contributed by atoms with E-state index in [0.29, 0.717) is 6.42 Å². The summed E-state index contributed by atoms with van der Waals surface area (Å²) in [5, 5.41) is 3.35. The molecule has 0 fully saturated rings. The van der Waals surface area contributed by atoms with Gasteiger partial charge in [0.05, 0.1) is 5.75 Å². The van der Waals surface area contributed by atoms with Crippen LogP contribution >= 0.6 is 15.9 Å². The third-order valence-electron chi connectivity index (χ3n) is 2.75. The molecule has 3 nitrogen and oxygen atoms in total. The second kappa shape index (κ2) is 6.68. The molecule has 1 atom stereocenters. The number of sulfone groups is 1. The summed E-state index contributed by atoms with van der Waals surface area (Å²) in [5.74, 6) is 0.199. The van der Waals surface area contributed by atoms with Crippen LogP contribution in [0.5, 0.6) is 0 Å². The number of hydrogen-bond donors (Lipinski definition) is 1. The van der Waals surface area contributed by atoms with E-state index in [2.05, 4.69) is 27.3 Å². The highest BCUT2D eigenvalue weighted by molar-refractivity contribution is 9.10. The van der Waals surface area contributed by atoms with E-state index in [4.69, 9.17) is 0 Å². The highest BCUT2D eigenvalue weighted by Gasteiger charge is 2.16. The smallest absolute Gasteiger partial charge is 0.147 e. The van der Waals surface area contributed by atoms with Gasteiger partial charge in [-0.1, -0.05) is 40.5 Å². The van der Waals surface area contributed by atoms with Gasteiger partial charge in [0.2, 0.25) is 0 Å². The van der Waals surface area contributed by atoms with Crippen LogP contribution in [0.3, 0.4) is 0 Å². The predicted molar refractivity (Wildman–Crippen MR) is 79.6 cm³/mol. The third-order valence-corrected chi connectivity index (χ3v) is 4.45. The molecule has 0 heterocycles. The average molecular weight is 334 g/mol. The minimum Gasteiger partial charge on any atom is -0.310 e. The minimum absolute atomic E-state index is 0.0685. The zero-order valence-corrected chi connectivity index (χ0v) is 13.4. The summed E-state index contributed by atoms with van der Waals surface area (Å²) in [7, 11) is -2.92. The molecule has 0 radical (unpaired) electrons. The highest BCUT2D eigenvalue weighted by atomic mass is 79.9. The summed E-state index contributed by atoms with van der Waals surface area (Å²) in [4.78, 5) is 0. The standard InChI is InChI=1S/C13H20BrNO2S/c1-4-15-13(7-8-18(3,16)17)11-9-10(2)5-6-12(11)14/h5-6,9,13,15H,4,7-8H2,1-3H3. The Morgan fingerprint density at radius 3 is 2.61 bits per heavy atom. The molecule has 0 aromatic heterocycles. The van der Waals surface area contributed by atoms with E-state index >= 15 is 0 Å². The lowest BCUT2D eigenvalue weighted by Crippen LogP contribution is -2.24. The quantitative estimate of drug-likeness (QED) is 0.870. The summed E-state index contributed by atoms with van der Waals surface area (Å²) < 4.78 is 23.6. The van der Waals surface area contributed by atoms with Crippen LogP contribution in [0.15, 0.2) is 22.7 Å². The van der Waals surface area contributed by atoms with Crippen molar-refractivity contribution in [1.29, 1.82) is 0 Å². The van der Waals surface area contributed by atoms with Crippen molar-refractivity contribution in [3.63, 3.8) is 0 Å². The first-order valence-corrected chi connectivity index (χ1v) is 8.86. The second-order valence-electron chi connectivity index (χ2n) is 4.55. The maximum absolute atomic E-state index is 11.3. The van der Waals surface area contributed by atoms with Gasteiger partial charge in [-0.05, 0) is 31.5 Å². The number of halogens is 1. The Hall–Kier alpha value is -0.390. The van der Waals surface area contributed by atoms with E-state index in [1.54, 1.807) is 0 Å². The first-order chi connectivity index (χ1) is 8.33. The first-order valence-electron chi connectivity index (χ1n) is 6.00. The monoisotopic (exact) mass is 333 g/mol. The highest BCUT2D eigenvalue weighted by Crippen LogP contribution is 2.27. The molecule has 0 saturated heterocycles. The fourth-order valence-electron chi connectivity index (χ4n) is 1.88. The van der Waals surface area contributed by atoms with Gasteiger partial charge in [-0.15, -0.1) is 0 Å². The van der Waals surface area contributed by atoms with Crippen LogP contribution in [-0.4, -0.2) is 27.0 Å². The number of aryl methyl sites for hydroxylation is 1. The van der Waals surface area contributed by atoms with E-state index in [-0.39, 0.29) is 11.8 Å². The molecule has 0 spiro atoms. The Kier molecular flexibility index (Phi) is 5.82. The van der Waals surface area contributed by atoms with Crippen LogP contribution in [0.4, 0.5) is 0 Å². The maximum atomic E-state index is 11.3. The molecule has 1 unspecified atom stereocenters. The van der Waals surface area contributed by atoms with Gasteiger partial charge in [-0.2, -0.15) is 0 Å². The molecule has 1 aromatic rings. The molecular formula is C13H20BrNO2S. The van der Waals surface area contributed by atoms with Crippen molar-refractivity contribution in [3.8, 4) is 0 Å². The van der Waals surface area contributed by atoms with E-state index < -0.39 is 9.84 Å². The van der Waals surface area contributed by atoms with Crippen molar-refractivity contribution in [1.82, 2.24) is 5.32 Å². The van der Waals surface area contributed by atoms with Crippen molar-refractivity contribution in [2.75, 3.05) is 18.6 Å².